The van der Waals surface area contributed by atoms with E-state index in [2.05, 4.69) is 15.3 Å². The first-order chi connectivity index (χ1) is 8.50. The van der Waals surface area contributed by atoms with Crippen molar-refractivity contribution in [2.75, 3.05) is 25.1 Å². The second-order valence-electron chi connectivity index (χ2n) is 4.01. The number of nitrogens with zero attached hydrogens (tertiary/aromatic N) is 3. The molecular formula is C9H11ClN4O4. The van der Waals surface area contributed by atoms with Gasteiger partial charge < -0.3 is 15.2 Å². The number of aromatic nitrogens is 2. The summed E-state index contributed by atoms with van der Waals surface area (Å²) in [5, 5.41) is 23.4. The molecule has 8 nitrogen and oxygen atoms in total. The average Bonchev–Trinajstić information content (AvgIpc) is 2.74. The van der Waals surface area contributed by atoms with Crippen molar-refractivity contribution in [3.63, 3.8) is 0 Å². The minimum absolute atomic E-state index is 0.0136. The highest BCUT2D eigenvalue weighted by Gasteiger charge is 2.33. The van der Waals surface area contributed by atoms with E-state index in [1.807, 2.05) is 0 Å². The summed E-state index contributed by atoms with van der Waals surface area (Å²) in [5.41, 5.74) is -1.33. The van der Waals surface area contributed by atoms with Crippen LogP contribution in [-0.4, -0.2) is 45.4 Å². The first-order valence-electron chi connectivity index (χ1n) is 5.21. The van der Waals surface area contributed by atoms with E-state index in [9.17, 15) is 15.2 Å². The molecule has 1 saturated heterocycles. The van der Waals surface area contributed by atoms with Crippen molar-refractivity contribution >= 4 is 23.1 Å². The van der Waals surface area contributed by atoms with Gasteiger partial charge >= 0.3 is 5.69 Å². The molecule has 0 spiro atoms. The van der Waals surface area contributed by atoms with Crippen LogP contribution >= 0.6 is 11.6 Å². The maximum absolute atomic E-state index is 10.8. The first-order valence-corrected chi connectivity index (χ1v) is 5.59. The highest BCUT2D eigenvalue weighted by Crippen LogP contribution is 2.24. The SMILES string of the molecule is O=[N+]([O-])c1cnc(Cl)nc1NCC1(O)CCOC1. The summed E-state index contributed by atoms with van der Waals surface area (Å²) in [5.74, 6) is -0.0136. The van der Waals surface area contributed by atoms with Gasteiger partial charge in [-0.3, -0.25) is 10.1 Å². The Kier molecular flexibility index (Phi) is 3.60. The van der Waals surface area contributed by atoms with Crippen molar-refractivity contribution in [2.24, 2.45) is 0 Å². The van der Waals surface area contributed by atoms with Crippen molar-refractivity contribution in [1.29, 1.82) is 0 Å². The van der Waals surface area contributed by atoms with Crippen LogP contribution in [0.1, 0.15) is 6.42 Å². The minimum Gasteiger partial charge on any atom is -0.386 e. The molecule has 2 heterocycles. The minimum atomic E-state index is -1.04. The summed E-state index contributed by atoms with van der Waals surface area (Å²) in [7, 11) is 0. The summed E-state index contributed by atoms with van der Waals surface area (Å²) in [6.45, 7) is 0.749. The van der Waals surface area contributed by atoms with E-state index in [1.165, 1.54) is 0 Å². The van der Waals surface area contributed by atoms with E-state index < -0.39 is 10.5 Å². The number of hydrogen-bond donors (Lipinski definition) is 2. The number of hydrogen-bond acceptors (Lipinski definition) is 7. The number of halogens is 1. The summed E-state index contributed by atoms with van der Waals surface area (Å²) in [6, 6.07) is 0. The maximum Gasteiger partial charge on any atom is 0.329 e. The van der Waals surface area contributed by atoms with Crippen LogP contribution in [0.5, 0.6) is 0 Å². The molecule has 98 valence electrons. The molecule has 1 aromatic heterocycles. The summed E-state index contributed by atoms with van der Waals surface area (Å²) in [6.07, 6.45) is 1.49. The second-order valence-corrected chi connectivity index (χ2v) is 4.35. The van der Waals surface area contributed by atoms with Gasteiger partial charge in [0.1, 0.15) is 11.8 Å². The zero-order valence-corrected chi connectivity index (χ0v) is 10.1. The number of nitro groups is 1. The van der Waals surface area contributed by atoms with Gasteiger partial charge in [-0.15, -0.1) is 0 Å². The largest absolute Gasteiger partial charge is 0.386 e. The Morgan fingerprint density at radius 3 is 3.11 bits per heavy atom. The maximum atomic E-state index is 10.8. The molecule has 0 amide bonds. The molecule has 2 rings (SSSR count). The predicted octanol–water partition coefficient (Wildman–Crippen LogP) is 0.601. The fraction of sp³-hybridized carbons (Fsp3) is 0.556. The lowest BCUT2D eigenvalue weighted by atomic mass is 10.0. The predicted molar refractivity (Wildman–Crippen MR) is 62.6 cm³/mol. The topological polar surface area (TPSA) is 110 Å². The highest BCUT2D eigenvalue weighted by molar-refractivity contribution is 6.28. The summed E-state index contributed by atoms with van der Waals surface area (Å²) in [4.78, 5) is 17.4. The van der Waals surface area contributed by atoms with Crippen LogP contribution in [-0.2, 0) is 4.74 Å². The Morgan fingerprint density at radius 2 is 2.50 bits per heavy atom. The second kappa shape index (κ2) is 5.01. The molecule has 1 aliphatic rings. The molecule has 0 aromatic carbocycles. The summed E-state index contributed by atoms with van der Waals surface area (Å²) >= 11 is 5.58. The lowest BCUT2D eigenvalue weighted by Gasteiger charge is -2.20. The van der Waals surface area contributed by atoms with Crippen molar-refractivity contribution < 1.29 is 14.8 Å². The molecule has 1 atom stereocenters. The van der Waals surface area contributed by atoms with Gasteiger partial charge in [0, 0.05) is 19.6 Å². The van der Waals surface area contributed by atoms with Crippen LogP contribution in [0.3, 0.4) is 0 Å². The van der Waals surface area contributed by atoms with Gasteiger partial charge in [-0.2, -0.15) is 4.98 Å². The van der Waals surface area contributed by atoms with E-state index in [0.717, 1.165) is 6.20 Å². The van der Waals surface area contributed by atoms with Gasteiger partial charge in [-0.25, -0.2) is 4.98 Å². The van der Waals surface area contributed by atoms with Crippen LogP contribution in [0.2, 0.25) is 5.28 Å². The molecule has 18 heavy (non-hydrogen) atoms. The van der Waals surface area contributed by atoms with Crippen LogP contribution in [0, 0.1) is 10.1 Å². The molecule has 0 aliphatic carbocycles. The molecule has 0 bridgehead atoms. The fourth-order valence-corrected chi connectivity index (χ4v) is 1.74. The van der Waals surface area contributed by atoms with Gasteiger partial charge in [-0.1, -0.05) is 0 Å². The number of rotatable bonds is 4. The zero-order valence-electron chi connectivity index (χ0n) is 9.30. The fourth-order valence-electron chi connectivity index (χ4n) is 1.60. The van der Waals surface area contributed by atoms with Gasteiger partial charge in [0.15, 0.2) is 0 Å². The number of aliphatic hydroxyl groups is 1. The van der Waals surface area contributed by atoms with Gasteiger partial charge in [0.25, 0.3) is 0 Å². The van der Waals surface area contributed by atoms with Crippen LogP contribution < -0.4 is 5.32 Å². The third-order valence-electron chi connectivity index (χ3n) is 2.60. The standard InChI is InChI=1S/C9H11ClN4O4/c10-8-11-3-6(14(16)17)7(13-8)12-4-9(15)1-2-18-5-9/h3,15H,1-2,4-5H2,(H,11,12,13). The normalized spacial score (nSPS) is 23.0. The van der Waals surface area contributed by atoms with Crippen LogP contribution in [0.15, 0.2) is 6.20 Å². The Labute approximate surface area is 107 Å². The lowest BCUT2D eigenvalue weighted by Crippen LogP contribution is -2.37. The molecule has 0 radical (unpaired) electrons. The third kappa shape index (κ3) is 2.84. The number of anilines is 1. The van der Waals surface area contributed by atoms with Gasteiger partial charge in [0.2, 0.25) is 11.1 Å². The van der Waals surface area contributed by atoms with E-state index >= 15 is 0 Å². The Balaban J connectivity index is 2.12. The van der Waals surface area contributed by atoms with Crippen LogP contribution in [0.25, 0.3) is 0 Å². The van der Waals surface area contributed by atoms with Gasteiger partial charge in [0.05, 0.1) is 11.5 Å². The zero-order chi connectivity index (χ0) is 13.2. The van der Waals surface area contributed by atoms with Crippen molar-refractivity contribution in [3.8, 4) is 0 Å². The smallest absolute Gasteiger partial charge is 0.329 e. The van der Waals surface area contributed by atoms with Crippen molar-refractivity contribution in [3.05, 3.63) is 21.6 Å². The Hall–Kier alpha value is -1.51. The molecule has 1 aromatic rings. The molecule has 1 unspecified atom stereocenters. The molecule has 9 heteroatoms. The molecule has 1 aliphatic heterocycles. The highest BCUT2D eigenvalue weighted by atomic mass is 35.5. The number of nitrogens with one attached hydrogen (secondary N) is 1. The van der Waals surface area contributed by atoms with Crippen molar-refractivity contribution in [2.45, 2.75) is 12.0 Å². The first kappa shape index (κ1) is 12.9. The van der Waals surface area contributed by atoms with Gasteiger partial charge in [-0.05, 0) is 11.6 Å². The monoisotopic (exact) mass is 274 g/mol. The Morgan fingerprint density at radius 1 is 1.72 bits per heavy atom. The quantitative estimate of drug-likeness (QED) is 0.470. The van der Waals surface area contributed by atoms with E-state index in [-0.39, 0.29) is 29.9 Å². The third-order valence-corrected chi connectivity index (χ3v) is 2.79. The number of ether oxygens (including phenoxy) is 1. The summed E-state index contributed by atoms with van der Waals surface area (Å²) < 4.78 is 5.07. The van der Waals surface area contributed by atoms with E-state index in [4.69, 9.17) is 16.3 Å². The van der Waals surface area contributed by atoms with E-state index in [0.29, 0.717) is 13.0 Å². The van der Waals surface area contributed by atoms with Crippen LogP contribution in [0.4, 0.5) is 11.5 Å². The van der Waals surface area contributed by atoms with Crippen molar-refractivity contribution in [1.82, 2.24) is 9.97 Å². The molecule has 0 saturated carbocycles. The molecule has 2 N–H and O–H groups in total. The Bertz CT molecular complexity index is 464. The molecule has 1 fully saturated rings. The average molecular weight is 275 g/mol. The molecular weight excluding hydrogens is 264 g/mol. The lowest BCUT2D eigenvalue weighted by molar-refractivity contribution is -0.384. The van der Waals surface area contributed by atoms with E-state index in [1.54, 1.807) is 0 Å².